The maximum Gasteiger partial charge on any atom is 0.127 e. The predicted octanol–water partition coefficient (Wildman–Crippen LogP) is 2.62. The molecule has 1 heterocycles. The highest BCUT2D eigenvalue weighted by molar-refractivity contribution is 5.63. The van der Waals surface area contributed by atoms with Crippen LogP contribution in [0.25, 0.3) is 0 Å². The molecular formula is C15H15NO2. The van der Waals surface area contributed by atoms with Crippen molar-refractivity contribution in [3.05, 3.63) is 59.9 Å². The van der Waals surface area contributed by atoms with Gasteiger partial charge in [0, 0.05) is 18.3 Å². The van der Waals surface area contributed by atoms with Gasteiger partial charge in [-0.05, 0) is 35.7 Å². The van der Waals surface area contributed by atoms with Crippen molar-refractivity contribution in [3.63, 3.8) is 0 Å². The Morgan fingerprint density at radius 1 is 1.33 bits per heavy atom. The number of aromatic nitrogens is 1. The van der Waals surface area contributed by atoms with Crippen molar-refractivity contribution in [1.29, 1.82) is 0 Å². The number of rotatable bonds is 5. The van der Waals surface area contributed by atoms with E-state index in [0.717, 1.165) is 23.2 Å². The molecule has 1 aromatic heterocycles. The second-order valence-electron chi connectivity index (χ2n) is 4.08. The average Bonchev–Trinajstić information content (AvgIpc) is 2.46. The number of ether oxygens (including phenoxy) is 1. The lowest BCUT2D eigenvalue weighted by molar-refractivity contribution is -0.109. The summed E-state index contributed by atoms with van der Waals surface area (Å²) in [6, 6.07) is 11.5. The molecule has 1 aromatic carbocycles. The molecule has 0 fully saturated rings. The van der Waals surface area contributed by atoms with Crippen molar-refractivity contribution in [2.45, 2.75) is 12.3 Å². The lowest BCUT2D eigenvalue weighted by Crippen LogP contribution is -2.04. The fourth-order valence-corrected chi connectivity index (χ4v) is 1.89. The number of hydrogen-bond donors (Lipinski definition) is 0. The molecule has 1 unspecified atom stereocenters. The molecule has 0 aliphatic rings. The molecule has 2 rings (SSSR count). The molecule has 18 heavy (non-hydrogen) atoms. The van der Waals surface area contributed by atoms with Gasteiger partial charge in [-0.3, -0.25) is 4.98 Å². The molecule has 1 atom stereocenters. The summed E-state index contributed by atoms with van der Waals surface area (Å²) in [6.45, 7) is 0. The fraction of sp³-hybridized carbons (Fsp3) is 0.200. The molecule has 92 valence electrons. The van der Waals surface area contributed by atoms with E-state index in [9.17, 15) is 4.79 Å². The maximum atomic E-state index is 11.2. The molecule has 0 radical (unpaired) electrons. The third-order valence-electron chi connectivity index (χ3n) is 2.86. The molecule has 3 heteroatoms. The van der Waals surface area contributed by atoms with Crippen LogP contribution in [0.1, 0.15) is 17.0 Å². The van der Waals surface area contributed by atoms with Crippen molar-refractivity contribution in [2.24, 2.45) is 0 Å². The van der Waals surface area contributed by atoms with E-state index in [2.05, 4.69) is 4.98 Å². The Hall–Kier alpha value is -2.16. The summed E-state index contributed by atoms with van der Waals surface area (Å²) in [4.78, 5) is 15.3. The van der Waals surface area contributed by atoms with Crippen molar-refractivity contribution >= 4 is 6.29 Å². The van der Waals surface area contributed by atoms with Crippen LogP contribution in [0.5, 0.6) is 5.75 Å². The quantitative estimate of drug-likeness (QED) is 0.755. The van der Waals surface area contributed by atoms with Gasteiger partial charge < -0.3 is 9.53 Å². The van der Waals surface area contributed by atoms with Crippen molar-refractivity contribution in [3.8, 4) is 5.75 Å². The zero-order valence-corrected chi connectivity index (χ0v) is 10.2. The van der Waals surface area contributed by atoms with E-state index >= 15 is 0 Å². The van der Waals surface area contributed by atoms with Gasteiger partial charge in [-0.15, -0.1) is 0 Å². The zero-order chi connectivity index (χ0) is 12.8. The Labute approximate surface area is 106 Å². The van der Waals surface area contributed by atoms with Crippen LogP contribution in [0.3, 0.4) is 0 Å². The summed E-state index contributed by atoms with van der Waals surface area (Å²) in [5, 5.41) is 0. The highest BCUT2D eigenvalue weighted by Gasteiger charge is 2.12. The van der Waals surface area contributed by atoms with E-state index in [4.69, 9.17) is 4.74 Å². The lowest BCUT2D eigenvalue weighted by Gasteiger charge is -2.11. The number of benzene rings is 1. The molecule has 2 aromatic rings. The zero-order valence-electron chi connectivity index (χ0n) is 10.2. The normalized spacial score (nSPS) is 11.8. The van der Waals surface area contributed by atoms with Crippen molar-refractivity contribution in [2.75, 3.05) is 7.11 Å². The number of hydrogen-bond acceptors (Lipinski definition) is 3. The third kappa shape index (κ3) is 2.94. The Kier molecular flexibility index (Phi) is 4.07. The van der Waals surface area contributed by atoms with Gasteiger partial charge in [0.05, 0.1) is 7.11 Å². The molecular weight excluding hydrogens is 226 g/mol. The highest BCUT2D eigenvalue weighted by atomic mass is 16.5. The fourth-order valence-electron chi connectivity index (χ4n) is 1.89. The number of carbonyl (C=O) groups excluding carboxylic acids is 1. The minimum Gasteiger partial charge on any atom is -0.497 e. The number of nitrogens with zero attached hydrogens (tertiary/aromatic N) is 1. The second kappa shape index (κ2) is 5.96. The summed E-state index contributed by atoms with van der Waals surface area (Å²) in [6.07, 6.45) is 5.15. The SMILES string of the molecule is COc1cccc(C(C=O)Cc2cccnc2)c1. The van der Waals surface area contributed by atoms with Crippen molar-refractivity contribution in [1.82, 2.24) is 4.98 Å². The van der Waals surface area contributed by atoms with Crippen LogP contribution in [0.2, 0.25) is 0 Å². The summed E-state index contributed by atoms with van der Waals surface area (Å²) in [5.41, 5.74) is 2.02. The molecule has 0 bridgehead atoms. The van der Waals surface area contributed by atoms with E-state index < -0.39 is 0 Å². The molecule has 0 amide bonds. The molecule has 0 spiro atoms. The van der Waals surface area contributed by atoms with E-state index in [1.165, 1.54) is 0 Å². The van der Waals surface area contributed by atoms with Gasteiger partial charge in [0.1, 0.15) is 12.0 Å². The van der Waals surface area contributed by atoms with Crippen LogP contribution >= 0.6 is 0 Å². The molecule has 0 aliphatic heterocycles. The Morgan fingerprint density at radius 3 is 2.89 bits per heavy atom. The first-order valence-corrected chi connectivity index (χ1v) is 5.81. The highest BCUT2D eigenvalue weighted by Crippen LogP contribution is 2.22. The number of pyridine rings is 1. The van der Waals surface area contributed by atoms with E-state index in [1.807, 2.05) is 36.4 Å². The third-order valence-corrected chi connectivity index (χ3v) is 2.86. The predicted molar refractivity (Wildman–Crippen MR) is 69.7 cm³/mol. The van der Waals surface area contributed by atoms with Crippen LogP contribution in [-0.4, -0.2) is 18.4 Å². The number of aldehydes is 1. The summed E-state index contributed by atoms with van der Waals surface area (Å²) >= 11 is 0. The first-order valence-electron chi connectivity index (χ1n) is 5.81. The summed E-state index contributed by atoms with van der Waals surface area (Å²) in [7, 11) is 1.62. The Bertz CT molecular complexity index is 511. The maximum absolute atomic E-state index is 11.2. The van der Waals surface area contributed by atoms with Crippen LogP contribution in [0.4, 0.5) is 0 Å². The first-order chi connectivity index (χ1) is 8.83. The molecule has 0 aliphatic carbocycles. The standard InChI is InChI=1S/C15H15NO2/c1-18-15-6-2-5-13(9-15)14(11-17)8-12-4-3-7-16-10-12/h2-7,9-11,14H,8H2,1H3. The Morgan fingerprint density at radius 2 is 2.22 bits per heavy atom. The lowest BCUT2D eigenvalue weighted by atomic mass is 9.94. The number of methoxy groups -OCH3 is 1. The van der Waals surface area contributed by atoms with Gasteiger partial charge in [-0.25, -0.2) is 0 Å². The second-order valence-corrected chi connectivity index (χ2v) is 4.08. The monoisotopic (exact) mass is 241 g/mol. The smallest absolute Gasteiger partial charge is 0.127 e. The minimum atomic E-state index is -0.163. The van der Waals surface area contributed by atoms with Crippen LogP contribution in [0, 0.1) is 0 Å². The van der Waals surface area contributed by atoms with Gasteiger partial charge in [-0.1, -0.05) is 18.2 Å². The van der Waals surface area contributed by atoms with Gasteiger partial charge in [0.2, 0.25) is 0 Å². The van der Waals surface area contributed by atoms with Gasteiger partial charge in [-0.2, -0.15) is 0 Å². The molecule has 3 nitrogen and oxygen atoms in total. The van der Waals surface area contributed by atoms with E-state index in [-0.39, 0.29) is 5.92 Å². The summed E-state index contributed by atoms with van der Waals surface area (Å²) < 4.78 is 5.17. The van der Waals surface area contributed by atoms with Crippen LogP contribution < -0.4 is 4.74 Å². The van der Waals surface area contributed by atoms with Gasteiger partial charge >= 0.3 is 0 Å². The molecule has 0 N–H and O–H groups in total. The van der Waals surface area contributed by atoms with E-state index in [1.54, 1.807) is 19.5 Å². The molecule has 0 saturated heterocycles. The summed E-state index contributed by atoms with van der Waals surface area (Å²) in [5.74, 6) is 0.606. The van der Waals surface area contributed by atoms with E-state index in [0.29, 0.717) is 6.42 Å². The van der Waals surface area contributed by atoms with Crippen LogP contribution in [-0.2, 0) is 11.2 Å². The molecule has 0 saturated carbocycles. The largest absolute Gasteiger partial charge is 0.497 e. The number of carbonyl (C=O) groups is 1. The Balaban J connectivity index is 2.20. The van der Waals surface area contributed by atoms with Gasteiger partial charge in [0.15, 0.2) is 0 Å². The minimum absolute atomic E-state index is 0.163. The first kappa shape index (κ1) is 12.3. The van der Waals surface area contributed by atoms with Crippen LogP contribution in [0.15, 0.2) is 48.8 Å². The average molecular weight is 241 g/mol. The topological polar surface area (TPSA) is 39.2 Å². The van der Waals surface area contributed by atoms with Crippen molar-refractivity contribution < 1.29 is 9.53 Å². The van der Waals surface area contributed by atoms with Gasteiger partial charge in [0.25, 0.3) is 0 Å².